The van der Waals surface area contributed by atoms with Gasteiger partial charge in [0.25, 0.3) is 0 Å². The first-order valence-corrected chi connectivity index (χ1v) is 6.46. The summed E-state index contributed by atoms with van der Waals surface area (Å²) in [5.41, 5.74) is 8.28. The smallest absolute Gasteiger partial charge is 0.193 e. The van der Waals surface area contributed by atoms with Crippen LogP contribution in [0.5, 0.6) is 0 Å². The lowest BCUT2D eigenvalue weighted by molar-refractivity contribution is 0.590. The van der Waals surface area contributed by atoms with Crippen LogP contribution in [0.1, 0.15) is 40.2 Å². The van der Waals surface area contributed by atoms with Gasteiger partial charge < -0.3 is 11.1 Å². The van der Waals surface area contributed by atoms with Crippen molar-refractivity contribution >= 4 is 11.6 Å². The van der Waals surface area contributed by atoms with Crippen molar-refractivity contribution in [2.75, 3.05) is 11.9 Å². The normalized spacial score (nSPS) is 12.9. The summed E-state index contributed by atoms with van der Waals surface area (Å²) in [6, 6.07) is 8.33. The zero-order chi connectivity index (χ0) is 13.8. The molecule has 0 spiro atoms. The second kappa shape index (κ2) is 5.89. The molecule has 1 rings (SSSR count). The lowest BCUT2D eigenvalue weighted by atomic mass is 9.87. The van der Waals surface area contributed by atoms with Gasteiger partial charge in [-0.15, -0.1) is 0 Å². The van der Waals surface area contributed by atoms with Gasteiger partial charge in [0.05, 0.1) is 0 Å². The molecular formula is C15H25N3. The van der Waals surface area contributed by atoms with Gasteiger partial charge in [-0.25, -0.2) is 0 Å². The molecule has 18 heavy (non-hydrogen) atoms. The average molecular weight is 247 g/mol. The molecule has 3 nitrogen and oxygen atoms in total. The number of nitrogens with two attached hydrogens (primary N) is 1. The van der Waals surface area contributed by atoms with Crippen LogP contribution < -0.4 is 11.1 Å². The zero-order valence-electron chi connectivity index (χ0n) is 12.1. The first-order chi connectivity index (χ1) is 8.29. The van der Waals surface area contributed by atoms with Gasteiger partial charge in [0.1, 0.15) is 0 Å². The predicted molar refractivity (Wildman–Crippen MR) is 80.1 cm³/mol. The van der Waals surface area contributed by atoms with Crippen molar-refractivity contribution in [3.05, 3.63) is 29.8 Å². The van der Waals surface area contributed by atoms with Gasteiger partial charge in [0.15, 0.2) is 5.96 Å². The maximum Gasteiger partial charge on any atom is 0.193 e. The lowest BCUT2D eigenvalue weighted by Crippen LogP contribution is -2.23. The Bertz CT molecular complexity index is 397. The van der Waals surface area contributed by atoms with Crippen LogP contribution in [0, 0.1) is 5.92 Å². The predicted octanol–water partition coefficient (Wildman–Crippen LogP) is 3.37. The van der Waals surface area contributed by atoms with Crippen molar-refractivity contribution < 1.29 is 0 Å². The topological polar surface area (TPSA) is 50.4 Å². The van der Waals surface area contributed by atoms with Crippen LogP contribution in [0.3, 0.4) is 0 Å². The Kier molecular flexibility index (Phi) is 4.76. The highest BCUT2D eigenvalue weighted by atomic mass is 15.1. The molecule has 0 radical (unpaired) electrons. The maximum absolute atomic E-state index is 5.82. The molecule has 0 bridgehead atoms. The average Bonchev–Trinajstić information content (AvgIpc) is 2.26. The molecule has 0 fully saturated rings. The summed E-state index contributed by atoms with van der Waals surface area (Å²) < 4.78 is 0. The van der Waals surface area contributed by atoms with Crippen LogP contribution in [-0.4, -0.2) is 12.5 Å². The number of rotatable bonds is 3. The second-order valence-electron chi connectivity index (χ2n) is 6.07. The standard InChI is InChI=1S/C15H25N3/c1-11(2)10-17-14(16)18-13-8-6-12(7-9-13)15(3,4)5/h6-9,11H,10H2,1-5H3,(H3,16,17,18). The minimum absolute atomic E-state index is 0.176. The summed E-state index contributed by atoms with van der Waals surface area (Å²) >= 11 is 0. The fraction of sp³-hybridized carbons (Fsp3) is 0.533. The van der Waals surface area contributed by atoms with Crippen molar-refractivity contribution in [1.82, 2.24) is 0 Å². The van der Waals surface area contributed by atoms with E-state index in [-0.39, 0.29) is 5.41 Å². The molecular weight excluding hydrogens is 222 g/mol. The molecule has 0 unspecified atom stereocenters. The van der Waals surface area contributed by atoms with Crippen LogP contribution in [-0.2, 0) is 5.41 Å². The molecule has 1 aromatic rings. The van der Waals surface area contributed by atoms with Crippen LogP contribution >= 0.6 is 0 Å². The summed E-state index contributed by atoms with van der Waals surface area (Å²) in [6.45, 7) is 11.6. The van der Waals surface area contributed by atoms with E-state index in [1.807, 2.05) is 12.1 Å². The minimum atomic E-state index is 0.176. The van der Waals surface area contributed by atoms with E-state index in [4.69, 9.17) is 5.73 Å². The summed E-state index contributed by atoms with van der Waals surface area (Å²) in [7, 11) is 0. The molecule has 0 aliphatic rings. The van der Waals surface area contributed by atoms with Crippen molar-refractivity contribution in [2.45, 2.75) is 40.0 Å². The molecule has 0 aliphatic heterocycles. The Morgan fingerprint density at radius 1 is 1.22 bits per heavy atom. The fourth-order valence-corrected chi connectivity index (χ4v) is 1.52. The van der Waals surface area contributed by atoms with Crippen LogP contribution in [0.2, 0.25) is 0 Å². The zero-order valence-corrected chi connectivity index (χ0v) is 12.1. The Labute approximate surface area is 111 Å². The SMILES string of the molecule is CC(C)CN=C(N)Nc1ccc(C(C)(C)C)cc1. The highest BCUT2D eigenvalue weighted by Gasteiger charge is 2.12. The van der Waals surface area contributed by atoms with Gasteiger partial charge in [0.2, 0.25) is 0 Å². The molecule has 0 amide bonds. The number of anilines is 1. The van der Waals surface area contributed by atoms with E-state index in [1.165, 1.54) is 5.56 Å². The number of guanidine groups is 1. The van der Waals surface area contributed by atoms with E-state index in [9.17, 15) is 0 Å². The Hall–Kier alpha value is -1.51. The first-order valence-electron chi connectivity index (χ1n) is 6.46. The van der Waals surface area contributed by atoms with Gasteiger partial charge in [-0.2, -0.15) is 0 Å². The molecule has 0 saturated heterocycles. The highest BCUT2D eigenvalue weighted by Crippen LogP contribution is 2.23. The highest BCUT2D eigenvalue weighted by molar-refractivity contribution is 5.92. The van der Waals surface area contributed by atoms with E-state index in [2.05, 4.69) is 57.1 Å². The third-order valence-corrected chi connectivity index (χ3v) is 2.65. The number of aliphatic imine (C=N–C) groups is 1. The second-order valence-corrected chi connectivity index (χ2v) is 6.07. The summed E-state index contributed by atoms with van der Waals surface area (Å²) in [5, 5.41) is 3.10. The Morgan fingerprint density at radius 2 is 1.78 bits per heavy atom. The minimum Gasteiger partial charge on any atom is -0.370 e. The molecule has 0 aliphatic carbocycles. The van der Waals surface area contributed by atoms with Crippen molar-refractivity contribution in [3.8, 4) is 0 Å². The maximum atomic E-state index is 5.82. The van der Waals surface area contributed by atoms with Gasteiger partial charge in [-0.1, -0.05) is 46.8 Å². The van der Waals surface area contributed by atoms with E-state index in [0.29, 0.717) is 11.9 Å². The molecule has 1 aromatic carbocycles. The third-order valence-electron chi connectivity index (χ3n) is 2.65. The van der Waals surface area contributed by atoms with E-state index in [1.54, 1.807) is 0 Å². The van der Waals surface area contributed by atoms with Crippen molar-refractivity contribution in [1.29, 1.82) is 0 Å². The van der Waals surface area contributed by atoms with E-state index >= 15 is 0 Å². The molecule has 0 saturated carbocycles. The number of benzene rings is 1. The molecule has 0 aromatic heterocycles. The summed E-state index contributed by atoms with van der Waals surface area (Å²) in [4.78, 5) is 4.27. The quantitative estimate of drug-likeness (QED) is 0.635. The molecule has 3 N–H and O–H groups in total. The largest absolute Gasteiger partial charge is 0.370 e. The fourth-order valence-electron chi connectivity index (χ4n) is 1.52. The lowest BCUT2D eigenvalue weighted by Gasteiger charge is -2.19. The van der Waals surface area contributed by atoms with E-state index < -0.39 is 0 Å². The van der Waals surface area contributed by atoms with Gasteiger partial charge in [0, 0.05) is 12.2 Å². The van der Waals surface area contributed by atoms with Crippen molar-refractivity contribution in [3.63, 3.8) is 0 Å². The first kappa shape index (κ1) is 14.6. The monoisotopic (exact) mass is 247 g/mol. The molecule has 3 heteroatoms. The van der Waals surface area contributed by atoms with Gasteiger partial charge >= 0.3 is 0 Å². The number of nitrogens with zero attached hydrogens (tertiary/aromatic N) is 1. The number of hydrogen-bond acceptors (Lipinski definition) is 1. The molecule has 0 heterocycles. The van der Waals surface area contributed by atoms with Gasteiger partial charge in [-0.05, 0) is 29.0 Å². The Morgan fingerprint density at radius 3 is 2.22 bits per heavy atom. The molecule has 100 valence electrons. The van der Waals surface area contributed by atoms with E-state index in [0.717, 1.165) is 12.2 Å². The number of hydrogen-bond donors (Lipinski definition) is 2. The van der Waals surface area contributed by atoms with Crippen LogP contribution in [0.25, 0.3) is 0 Å². The Balaban J connectivity index is 2.67. The summed E-state index contributed by atoms with van der Waals surface area (Å²) in [5.74, 6) is 1.00. The summed E-state index contributed by atoms with van der Waals surface area (Å²) in [6.07, 6.45) is 0. The third kappa shape index (κ3) is 4.78. The number of nitrogens with one attached hydrogen (secondary N) is 1. The van der Waals surface area contributed by atoms with Crippen molar-refractivity contribution in [2.24, 2.45) is 16.6 Å². The molecule has 0 atom stereocenters. The van der Waals surface area contributed by atoms with Crippen LogP contribution in [0.4, 0.5) is 5.69 Å². The van der Waals surface area contributed by atoms with Crippen LogP contribution in [0.15, 0.2) is 29.3 Å². The van der Waals surface area contributed by atoms with Gasteiger partial charge in [-0.3, -0.25) is 4.99 Å².